The Morgan fingerprint density at radius 1 is 1.38 bits per heavy atom. The van der Waals surface area contributed by atoms with Crippen LogP contribution in [0, 0.1) is 0 Å². The van der Waals surface area contributed by atoms with E-state index in [2.05, 4.69) is 10.2 Å². The molecule has 0 spiro atoms. The van der Waals surface area contributed by atoms with Gasteiger partial charge in [-0.25, -0.2) is 0 Å². The van der Waals surface area contributed by atoms with Gasteiger partial charge in [-0.3, -0.25) is 5.84 Å². The van der Waals surface area contributed by atoms with Gasteiger partial charge in [-0.1, -0.05) is 0 Å². The Bertz CT molecular complexity index is 294. The van der Waals surface area contributed by atoms with Crippen molar-refractivity contribution >= 4 is 5.69 Å². The SMILES string of the molecule is NNc1cc(O)cc(OC(F)F)c1. The van der Waals surface area contributed by atoms with Crippen LogP contribution in [0.1, 0.15) is 0 Å². The number of anilines is 1. The number of hydrazine groups is 1. The molecule has 4 N–H and O–H groups in total. The lowest BCUT2D eigenvalue weighted by Crippen LogP contribution is -2.07. The molecule has 0 saturated heterocycles. The van der Waals surface area contributed by atoms with Gasteiger partial charge < -0.3 is 15.3 Å². The minimum Gasteiger partial charge on any atom is -0.508 e. The molecule has 6 heteroatoms. The zero-order chi connectivity index (χ0) is 9.84. The highest BCUT2D eigenvalue weighted by atomic mass is 19.3. The number of nitrogen functional groups attached to an aromatic ring is 1. The first-order chi connectivity index (χ1) is 6.11. The maximum Gasteiger partial charge on any atom is 0.387 e. The number of aromatic hydroxyl groups is 1. The van der Waals surface area contributed by atoms with E-state index in [9.17, 15) is 8.78 Å². The molecular weight excluding hydrogens is 182 g/mol. The zero-order valence-corrected chi connectivity index (χ0v) is 6.50. The van der Waals surface area contributed by atoms with Gasteiger partial charge in [0, 0.05) is 18.2 Å². The topological polar surface area (TPSA) is 67.5 Å². The summed E-state index contributed by atoms with van der Waals surface area (Å²) in [5.41, 5.74) is 2.48. The summed E-state index contributed by atoms with van der Waals surface area (Å²) in [4.78, 5) is 0. The van der Waals surface area contributed by atoms with E-state index in [-0.39, 0.29) is 17.2 Å². The minimum atomic E-state index is -2.92. The molecule has 0 aliphatic heterocycles. The molecule has 0 atom stereocenters. The fourth-order valence-electron chi connectivity index (χ4n) is 0.838. The van der Waals surface area contributed by atoms with Crippen LogP contribution in [-0.2, 0) is 0 Å². The van der Waals surface area contributed by atoms with E-state index >= 15 is 0 Å². The van der Waals surface area contributed by atoms with Crippen LogP contribution < -0.4 is 16.0 Å². The summed E-state index contributed by atoms with van der Waals surface area (Å²) >= 11 is 0. The van der Waals surface area contributed by atoms with Gasteiger partial charge in [0.05, 0.1) is 5.69 Å². The number of hydrogen-bond acceptors (Lipinski definition) is 4. The average Bonchev–Trinajstić information content (AvgIpc) is 2.01. The fraction of sp³-hybridized carbons (Fsp3) is 0.143. The highest BCUT2D eigenvalue weighted by Crippen LogP contribution is 2.25. The standard InChI is InChI=1S/C7H8F2N2O2/c8-7(9)13-6-2-4(11-10)1-5(12)3-6/h1-3,7,11-12H,10H2. The van der Waals surface area contributed by atoms with E-state index < -0.39 is 6.61 Å². The van der Waals surface area contributed by atoms with Gasteiger partial charge in [-0.05, 0) is 0 Å². The summed E-state index contributed by atoms with van der Waals surface area (Å²) in [6, 6.07) is 3.58. The maximum atomic E-state index is 11.7. The van der Waals surface area contributed by atoms with E-state index in [1.807, 2.05) is 0 Å². The van der Waals surface area contributed by atoms with Crippen LogP contribution in [0.25, 0.3) is 0 Å². The number of benzene rings is 1. The molecule has 0 heterocycles. The number of rotatable bonds is 3. The summed E-state index contributed by atoms with van der Waals surface area (Å²) in [6.07, 6.45) is 0. The summed E-state index contributed by atoms with van der Waals surface area (Å²) in [7, 11) is 0. The van der Waals surface area contributed by atoms with Crippen LogP contribution in [-0.4, -0.2) is 11.7 Å². The first kappa shape index (κ1) is 9.53. The van der Waals surface area contributed by atoms with E-state index in [1.54, 1.807) is 0 Å². The molecule has 0 aliphatic carbocycles. The number of nitrogens with one attached hydrogen (secondary N) is 1. The largest absolute Gasteiger partial charge is 0.508 e. The molecule has 0 unspecified atom stereocenters. The van der Waals surface area contributed by atoms with Crippen LogP contribution in [0.2, 0.25) is 0 Å². The van der Waals surface area contributed by atoms with Crippen molar-refractivity contribution in [2.75, 3.05) is 5.43 Å². The van der Waals surface area contributed by atoms with Crippen LogP contribution in [0.4, 0.5) is 14.5 Å². The Morgan fingerprint density at radius 2 is 2.08 bits per heavy atom. The molecule has 0 radical (unpaired) electrons. The molecule has 0 saturated carbocycles. The van der Waals surface area contributed by atoms with E-state index in [0.717, 1.165) is 6.07 Å². The minimum absolute atomic E-state index is 0.150. The summed E-state index contributed by atoms with van der Waals surface area (Å²) in [6.45, 7) is -2.92. The van der Waals surface area contributed by atoms with Crippen molar-refractivity contribution in [2.24, 2.45) is 5.84 Å². The van der Waals surface area contributed by atoms with Gasteiger partial charge in [-0.15, -0.1) is 0 Å². The van der Waals surface area contributed by atoms with Gasteiger partial charge in [0.25, 0.3) is 0 Å². The highest BCUT2D eigenvalue weighted by molar-refractivity contribution is 5.52. The van der Waals surface area contributed by atoms with Crippen molar-refractivity contribution in [1.29, 1.82) is 0 Å². The van der Waals surface area contributed by atoms with Gasteiger partial charge >= 0.3 is 6.61 Å². The lowest BCUT2D eigenvalue weighted by Gasteiger charge is -2.07. The molecule has 0 fully saturated rings. The van der Waals surface area contributed by atoms with Gasteiger partial charge in [-0.2, -0.15) is 8.78 Å². The predicted octanol–water partition coefficient (Wildman–Crippen LogP) is 1.28. The summed E-state index contributed by atoms with van der Waals surface area (Å²) < 4.78 is 27.5. The fourth-order valence-corrected chi connectivity index (χ4v) is 0.838. The van der Waals surface area contributed by atoms with Crippen molar-refractivity contribution in [2.45, 2.75) is 6.61 Å². The first-order valence-corrected chi connectivity index (χ1v) is 3.37. The third-order valence-electron chi connectivity index (χ3n) is 1.28. The van der Waals surface area contributed by atoms with Gasteiger partial charge in [0.1, 0.15) is 11.5 Å². The third-order valence-corrected chi connectivity index (χ3v) is 1.28. The Balaban J connectivity index is 2.88. The summed E-state index contributed by atoms with van der Waals surface area (Å²) in [5, 5.41) is 9.02. The summed E-state index contributed by atoms with van der Waals surface area (Å²) in [5.74, 6) is 4.66. The number of halogens is 2. The number of alkyl halides is 2. The normalized spacial score (nSPS) is 10.2. The van der Waals surface area contributed by atoms with Gasteiger partial charge in [0.15, 0.2) is 0 Å². The van der Waals surface area contributed by atoms with Crippen molar-refractivity contribution < 1.29 is 18.6 Å². The number of phenols is 1. The molecule has 13 heavy (non-hydrogen) atoms. The van der Waals surface area contributed by atoms with Crippen LogP contribution in [0.5, 0.6) is 11.5 Å². The molecule has 72 valence electrons. The lowest BCUT2D eigenvalue weighted by atomic mass is 10.3. The second-order valence-corrected chi connectivity index (χ2v) is 2.24. The Morgan fingerprint density at radius 3 is 2.62 bits per heavy atom. The number of ether oxygens (including phenoxy) is 1. The molecule has 4 nitrogen and oxygen atoms in total. The predicted molar refractivity (Wildman–Crippen MR) is 42.5 cm³/mol. The molecule has 0 aliphatic rings. The van der Waals surface area contributed by atoms with Crippen LogP contribution in [0.15, 0.2) is 18.2 Å². The third kappa shape index (κ3) is 2.75. The van der Waals surface area contributed by atoms with Crippen molar-refractivity contribution in [1.82, 2.24) is 0 Å². The maximum absolute atomic E-state index is 11.7. The van der Waals surface area contributed by atoms with Crippen LogP contribution in [0.3, 0.4) is 0 Å². The van der Waals surface area contributed by atoms with E-state index in [4.69, 9.17) is 10.9 Å². The number of nitrogens with two attached hydrogens (primary N) is 1. The van der Waals surface area contributed by atoms with E-state index in [0.29, 0.717) is 0 Å². The first-order valence-electron chi connectivity index (χ1n) is 3.37. The molecular formula is C7H8F2N2O2. The Labute approximate surface area is 72.9 Å². The monoisotopic (exact) mass is 190 g/mol. The molecule has 1 aromatic carbocycles. The van der Waals surface area contributed by atoms with Gasteiger partial charge in [0.2, 0.25) is 0 Å². The van der Waals surface area contributed by atoms with Crippen molar-refractivity contribution in [3.63, 3.8) is 0 Å². The number of phenolic OH excluding ortho intramolecular Hbond substituents is 1. The number of hydrogen-bond donors (Lipinski definition) is 3. The Kier molecular flexibility index (Phi) is 2.86. The quantitative estimate of drug-likeness (QED) is 0.496. The molecule has 0 amide bonds. The molecule has 0 bridgehead atoms. The van der Waals surface area contributed by atoms with E-state index in [1.165, 1.54) is 12.1 Å². The zero-order valence-electron chi connectivity index (χ0n) is 6.50. The second kappa shape index (κ2) is 3.90. The second-order valence-electron chi connectivity index (χ2n) is 2.24. The average molecular weight is 190 g/mol. The van der Waals surface area contributed by atoms with Crippen molar-refractivity contribution in [3.8, 4) is 11.5 Å². The Hall–Kier alpha value is -1.56. The smallest absolute Gasteiger partial charge is 0.387 e. The lowest BCUT2D eigenvalue weighted by molar-refractivity contribution is -0.0498. The molecule has 1 aromatic rings. The van der Waals surface area contributed by atoms with Crippen molar-refractivity contribution in [3.05, 3.63) is 18.2 Å². The highest BCUT2D eigenvalue weighted by Gasteiger charge is 2.06. The molecule has 0 aromatic heterocycles. The van der Waals surface area contributed by atoms with Crippen LogP contribution >= 0.6 is 0 Å². The molecule has 1 rings (SSSR count).